The Bertz CT molecular complexity index is 669. The highest BCUT2D eigenvalue weighted by Gasteiger charge is 2.18. The van der Waals surface area contributed by atoms with Crippen molar-refractivity contribution in [1.29, 1.82) is 0 Å². The van der Waals surface area contributed by atoms with Crippen LogP contribution in [0.25, 0.3) is 0 Å². The van der Waals surface area contributed by atoms with Gasteiger partial charge in [-0.2, -0.15) is 0 Å². The molecule has 2 aromatic rings. The molecule has 0 bridgehead atoms. The highest BCUT2D eigenvalue weighted by atomic mass is 16.5. The van der Waals surface area contributed by atoms with E-state index < -0.39 is 12.0 Å². The van der Waals surface area contributed by atoms with Crippen molar-refractivity contribution in [3.05, 3.63) is 54.1 Å². The zero-order chi connectivity index (χ0) is 17.4. The maximum atomic E-state index is 11.9. The van der Waals surface area contributed by atoms with Crippen LogP contribution in [0.2, 0.25) is 0 Å². The monoisotopic (exact) mass is 330 g/mol. The molecule has 0 fully saturated rings. The van der Waals surface area contributed by atoms with Crippen LogP contribution < -0.4 is 11.1 Å². The summed E-state index contributed by atoms with van der Waals surface area (Å²) in [6.45, 7) is 0.587. The number of carbonyl (C=O) groups is 2. The van der Waals surface area contributed by atoms with Gasteiger partial charge >= 0.3 is 5.97 Å². The Balaban J connectivity index is 1.67. The van der Waals surface area contributed by atoms with Crippen molar-refractivity contribution >= 4 is 11.9 Å². The molecule has 0 aliphatic carbocycles. The second-order valence-corrected chi connectivity index (χ2v) is 5.45. The van der Waals surface area contributed by atoms with Crippen molar-refractivity contribution in [3.63, 3.8) is 0 Å². The Morgan fingerprint density at radius 1 is 1.33 bits per heavy atom. The van der Waals surface area contributed by atoms with Gasteiger partial charge in [-0.15, -0.1) is 0 Å². The predicted octanol–water partition coefficient (Wildman–Crippen LogP) is 0.540. The van der Waals surface area contributed by atoms with Crippen molar-refractivity contribution in [2.45, 2.75) is 25.5 Å². The van der Waals surface area contributed by atoms with Gasteiger partial charge in [0.1, 0.15) is 12.4 Å². The van der Waals surface area contributed by atoms with Crippen LogP contribution in [-0.2, 0) is 34.4 Å². The first-order valence-electron chi connectivity index (χ1n) is 7.75. The average Bonchev–Trinajstić information content (AvgIpc) is 2.99. The Kier molecular flexibility index (Phi) is 6.51. The van der Waals surface area contributed by atoms with E-state index in [1.54, 1.807) is 6.20 Å². The molecule has 0 radical (unpaired) electrons. The van der Waals surface area contributed by atoms with E-state index in [-0.39, 0.29) is 18.9 Å². The molecule has 2 rings (SSSR count). The van der Waals surface area contributed by atoms with E-state index in [0.29, 0.717) is 13.0 Å². The van der Waals surface area contributed by atoms with E-state index in [1.165, 1.54) is 0 Å². The number of ether oxygens (including phenoxy) is 1. The number of esters is 1. The molecular weight excluding hydrogens is 308 g/mol. The molecule has 0 aliphatic rings. The summed E-state index contributed by atoms with van der Waals surface area (Å²) in [5.74, 6) is -0.00221. The molecule has 0 spiro atoms. The maximum absolute atomic E-state index is 11.9. The average molecular weight is 330 g/mol. The first kappa shape index (κ1) is 17.7. The molecule has 1 aromatic carbocycles. The maximum Gasteiger partial charge on any atom is 0.308 e. The number of aromatic nitrogens is 2. The third-order valence-corrected chi connectivity index (χ3v) is 3.53. The predicted molar refractivity (Wildman–Crippen MR) is 88.8 cm³/mol. The van der Waals surface area contributed by atoms with Crippen LogP contribution in [0.15, 0.2) is 42.7 Å². The van der Waals surface area contributed by atoms with E-state index in [2.05, 4.69) is 10.3 Å². The van der Waals surface area contributed by atoms with Crippen LogP contribution in [0.5, 0.6) is 0 Å². The molecule has 1 atom stereocenters. The molecule has 7 nitrogen and oxygen atoms in total. The summed E-state index contributed by atoms with van der Waals surface area (Å²) < 4.78 is 7.00. The minimum atomic E-state index is -0.922. The third-order valence-electron chi connectivity index (χ3n) is 3.53. The van der Waals surface area contributed by atoms with E-state index in [9.17, 15) is 9.59 Å². The van der Waals surface area contributed by atoms with Crippen LogP contribution >= 0.6 is 0 Å². The summed E-state index contributed by atoms with van der Waals surface area (Å²) in [6.07, 6.45) is 3.98. The number of amides is 1. The van der Waals surface area contributed by atoms with Crippen LogP contribution in [0.1, 0.15) is 17.8 Å². The van der Waals surface area contributed by atoms with E-state index >= 15 is 0 Å². The SMILES string of the molecule is Cn1ccnc1CCNC(=O)[C@@H](N)CC(=O)OCc1ccccc1. The number of nitrogens with two attached hydrogens (primary N) is 1. The summed E-state index contributed by atoms with van der Waals surface area (Å²) in [7, 11) is 1.89. The number of nitrogens with one attached hydrogen (secondary N) is 1. The molecule has 0 saturated heterocycles. The molecule has 24 heavy (non-hydrogen) atoms. The van der Waals surface area contributed by atoms with Gasteiger partial charge in [0.25, 0.3) is 0 Å². The van der Waals surface area contributed by atoms with Crippen molar-refractivity contribution in [2.75, 3.05) is 6.54 Å². The molecule has 1 amide bonds. The van der Waals surface area contributed by atoms with Crippen LogP contribution in [-0.4, -0.2) is 34.0 Å². The van der Waals surface area contributed by atoms with Crippen molar-refractivity contribution in [3.8, 4) is 0 Å². The molecule has 0 aliphatic heterocycles. The van der Waals surface area contributed by atoms with Gasteiger partial charge in [0.05, 0.1) is 12.5 Å². The fraction of sp³-hybridized carbons (Fsp3) is 0.353. The van der Waals surface area contributed by atoms with E-state index in [1.807, 2.05) is 48.1 Å². The molecule has 0 saturated carbocycles. The smallest absolute Gasteiger partial charge is 0.308 e. The number of nitrogens with zero attached hydrogens (tertiary/aromatic N) is 2. The topological polar surface area (TPSA) is 99.2 Å². The fourth-order valence-corrected chi connectivity index (χ4v) is 2.14. The summed E-state index contributed by atoms with van der Waals surface area (Å²) in [4.78, 5) is 27.8. The van der Waals surface area contributed by atoms with Crippen molar-refractivity contribution in [2.24, 2.45) is 12.8 Å². The highest BCUT2D eigenvalue weighted by molar-refractivity contribution is 5.86. The molecule has 7 heteroatoms. The molecule has 1 heterocycles. The van der Waals surface area contributed by atoms with Crippen molar-refractivity contribution < 1.29 is 14.3 Å². The Morgan fingerprint density at radius 3 is 2.75 bits per heavy atom. The van der Waals surface area contributed by atoms with Gasteiger partial charge in [0.2, 0.25) is 5.91 Å². The number of aryl methyl sites for hydroxylation is 1. The number of hydrogen-bond acceptors (Lipinski definition) is 5. The Morgan fingerprint density at radius 2 is 2.08 bits per heavy atom. The normalized spacial score (nSPS) is 11.8. The first-order valence-corrected chi connectivity index (χ1v) is 7.75. The Labute approximate surface area is 140 Å². The zero-order valence-corrected chi connectivity index (χ0v) is 13.6. The lowest BCUT2D eigenvalue weighted by molar-refractivity contribution is -0.146. The van der Waals surface area contributed by atoms with Gasteiger partial charge in [0, 0.05) is 32.4 Å². The van der Waals surface area contributed by atoms with Gasteiger partial charge in [-0.3, -0.25) is 9.59 Å². The third kappa shape index (κ3) is 5.51. The molecule has 128 valence electrons. The lowest BCUT2D eigenvalue weighted by Crippen LogP contribution is -2.42. The number of benzene rings is 1. The van der Waals surface area contributed by atoms with Crippen LogP contribution in [0.4, 0.5) is 0 Å². The highest BCUT2D eigenvalue weighted by Crippen LogP contribution is 2.02. The quantitative estimate of drug-likeness (QED) is 0.688. The zero-order valence-electron chi connectivity index (χ0n) is 13.6. The number of hydrogen-bond donors (Lipinski definition) is 2. The van der Waals surface area contributed by atoms with Crippen LogP contribution in [0, 0.1) is 0 Å². The van der Waals surface area contributed by atoms with E-state index in [4.69, 9.17) is 10.5 Å². The second kappa shape index (κ2) is 8.83. The summed E-state index contributed by atoms with van der Waals surface area (Å²) in [5.41, 5.74) is 6.63. The molecule has 3 N–H and O–H groups in total. The largest absolute Gasteiger partial charge is 0.461 e. The van der Waals surface area contributed by atoms with Gasteiger partial charge in [-0.05, 0) is 5.56 Å². The minimum absolute atomic E-state index is 0.152. The van der Waals surface area contributed by atoms with Gasteiger partial charge in [-0.1, -0.05) is 30.3 Å². The summed E-state index contributed by atoms with van der Waals surface area (Å²) in [5, 5.41) is 2.70. The van der Waals surface area contributed by atoms with Crippen molar-refractivity contribution in [1.82, 2.24) is 14.9 Å². The van der Waals surface area contributed by atoms with Crippen LogP contribution in [0.3, 0.4) is 0 Å². The van der Waals surface area contributed by atoms with Gasteiger partial charge in [-0.25, -0.2) is 4.98 Å². The minimum Gasteiger partial charge on any atom is -0.461 e. The lowest BCUT2D eigenvalue weighted by Gasteiger charge is -2.12. The second-order valence-electron chi connectivity index (χ2n) is 5.45. The molecule has 1 aromatic heterocycles. The standard InChI is InChI=1S/C17H22N4O3/c1-21-10-9-19-15(21)7-8-20-17(23)14(18)11-16(22)24-12-13-5-3-2-4-6-13/h2-6,9-10,14H,7-8,11-12,18H2,1H3,(H,20,23)/t14-/m0/s1. The summed E-state index contributed by atoms with van der Waals surface area (Å²) in [6, 6.07) is 8.41. The fourth-order valence-electron chi connectivity index (χ4n) is 2.14. The Hall–Kier alpha value is -2.67. The molecular formula is C17H22N4O3. The number of imidazole rings is 1. The summed E-state index contributed by atoms with van der Waals surface area (Å²) >= 11 is 0. The molecule has 0 unspecified atom stereocenters. The number of rotatable bonds is 8. The first-order chi connectivity index (χ1) is 11.6. The van der Waals surface area contributed by atoms with Gasteiger partial charge in [0.15, 0.2) is 0 Å². The van der Waals surface area contributed by atoms with Gasteiger partial charge < -0.3 is 20.4 Å². The lowest BCUT2D eigenvalue weighted by atomic mass is 10.2. The number of carbonyl (C=O) groups excluding carboxylic acids is 2. The van der Waals surface area contributed by atoms with E-state index in [0.717, 1.165) is 11.4 Å².